The minimum atomic E-state index is -2.00. The lowest BCUT2D eigenvalue weighted by Gasteiger charge is -2.35. The van der Waals surface area contributed by atoms with Crippen LogP contribution in [0.25, 0.3) is 0 Å². The van der Waals surface area contributed by atoms with Crippen LogP contribution < -0.4 is 5.11 Å². The van der Waals surface area contributed by atoms with Gasteiger partial charge in [-0.25, -0.2) is 0 Å². The molecular formula is C15H29NO5. The van der Waals surface area contributed by atoms with Crippen LogP contribution in [0.1, 0.15) is 45.4 Å². The van der Waals surface area contributed by atoms with E-state index in [4.69, 9.17) is 0 Å². The molecule has 0 aromatic carbocycles. The maximum absolute atomic E-state index is 12.2. The van der Waals surface area contributed by atoms with E-state index in [0.717, 1.165) is 19.3 Å². The molecule has 0 heterocycles. The number of carbonyl (C=O) groups excluding carboxylic acids is 2. The molecule has 0 bridgehead atoms. The van der Waals surface area contributed by atoms with Gasteiger partial charge in [-0.3, -0.25) is 4.79 Å². The van der Waals surface area contributed by atoms with Crippen molar-refractivity contribution in [2.24, 2.45) is 0 Å². The van der Waals surface area contributed by atoms with Gasteiger partial charge in [-0.15, -0.1) is 0 Å². The number of Topliss-reactive ketones (excluding diaryl/α,β-unsaturated/α-hetero) is 1. The second-order valence-electron chi connectivity index (χ2n) is 6.81. The van der Waals surface area contributed by atoms with Crippen LogP contribution in [-0.4, -0.2) is 65.8 Å². The highest BCUT2D eigenvalue weighted by molar-refractivity contribution is 5.91. The van der Waals surface area contributed by atoms with E-state index in [1.165, 1.54) is 0 Å². The molecule has 0 aromatic heterocycles. The molecule has 0 aliphatic rings. The summed E-state index contributed by atoms with van der Waals surface area (Å²) in [5.41, 5.74) is -2.00. The first-order valence-corrected chi connectivity index (χ1v) is 7.44. The van der Waals surface area contributed by atoms with Crippen molar-refractivity contribution in [3.8, 4) is 0 Å². The van der Waals surface area contributed by atoms with Crippen molar-refractivity contribution < 1.29 is 29.4 Å². The number of unbranched alkanes of at least 4 members (excludes halogenated alkanes) is 2. The standard InChI is InChI=1S/C15H29NO5/c1-5-6-7-8-12(17)9-13(18)15(21,10-14(19)20)11-16(2,3)4/h12,17,21H,5-11H2,1-4H3. The Labute approximate surface area is 127 Å². The number of aliphatic hydroxyl groups excluding tert-OH is 1. The number of hydrogen-bond donors (Lipinski definition) is 2. The first kappa shape index (κ1) is 20.0. The van der Waals surface area contributed by atoms with E-state index in [1.807, 2.05) is 6.92 Å². The third-order valence-corrected chi connectivity index (χ3v) is 3.25. The summed E-state index contributed by atoms with van der Waals surface area (Å²) in [5, 5.41) is 31.1. The predicted octanol–water partition coefficient (Wildman–Crippen LogP) is -0.536. The van der Waals surface area contributed by atoms with Gasteiger partial charge in [0.1, 0.15) is 6.54 Å². The molecule has 0 aliphatic carbocycles. The number of likely N-dealkylation sites (N-methyl/N-ethyl adjacent to an activating group) is 1. The van der Waals surface area contributed by atoms with Gasteiger partial charge in [0, 0.05) is 18.8 Å². The van der Waals surface area contributed by atoms with E-state index in [0.29, 0.717) is 6.42 Å². The van der Waals surface area contributed by atoms with Gasteiger partial charge in [0.25, 0.3) is 0 Å². The van der Waals surface area contributed by atoms with Crippen molar-refractivity contribution in [2.75, 3.05) is 27.7 Å². The maximum Gasteiger partial charge on any atom is 0.177 e. The van der Waals surface area contributed by atoms with Crippen LogP contribution in [0.2, 0.25) is 0 Å². The smallest absolute Gasteiger partial charge is 0.177 e. The number of nitrogens with zero attached hydrogens (tertiary/aromatic N) is 1. The van der Waals surface area contributed by atoms with Crippen molar-refractivity contribution in [2.45, 2.75) is 57.2 Å². The van der Waals surface area contributed by atoms with Crippen LogP contribution in [0, 0.1) is 0 Å². The molecule has 2 N–H and O–H groups in total. The minimum absolute atomic E-state index is 0.0402. The first-order chi connectivity index (χ1) is 9.50. The molecule has 124 valence electrons. The molecule has 0 rings (SSSR count). The number of aliphatic hydroxyl groups is 2. The summed E-state index contributed by atoms with van der Waals surface area (Å²) in [5.74, 6) is -2.11. The zero-order valence-corrected chi connectivity index (χ0v) is 13.6. The fourth-order valence-electron chi connectivity index (χ4n) is 2.40. The number of quaternary nitrogens is 1. The molecule has 0 aliphatic heterocycles. The van der Waals surface area contributed by atoms with Gasteiger partial charge in [-0.1, -0.05) is 26.2 Å². The Morgan fingerprint density at radius 1 is 1.24 bits per heavy atom. The Kier molecular flexibility index (Phi) is 8.06. The highest BCUT2D eigenvalue weighted by Gasteiger charge is 2.41. The van der Waals surface area contributed by atoms with E-state index in [2.05, 4.69) is 0 Å². The van der Waals surface area contributed by atoms with Crippen LogP contribution in [-0.2, 0) is 9.59 Å². The monoisotopic (exact) mass is 303 g/mol. The van der Waals surface area contributed by atoms with Gasteiger partial charge in [-0.05, 0) is 6.42 Å². The van der Waals surface area contributed by atoms with Crippen molar-refractivity contribution in [1.29, 1.82) is 0 Å². The summed E-state index contributed by atoms with van der Waals surface area (Å²) in [7, 11) is 5.27. The quantitative estimate of drug-likeness (QED) is 0.395. The number of hydrogen-bond acceptors (Lipinski definition) is 5. The molecule has 0 saturated heterocycles. The number of carboxylic acid groups (broad SMARTS) is 1. The van der Waals surface area contributed by atoms with Gasteiger partial charge in [-0.2, -0.15) is 0 Å². The fourth-order valence-corrected chi connectivity index (χ4v) is 2.40. The van der Waals surface area contributed by atoms with E-state index < -0.39 is 29.9 Å². The molecule has 21 heavy (non-hydrogen) atoms. The van der Waals surface area contributed by atoms with E-state index in [9.17, 15) is 24.9 Å². The van der Waals surface area contributed by atoms with Crippen LogP contribution in [0.4, 0.5) is 0 Å². The molecule has 0 amide bonds. The van der Waals surface area contributed by atoms with E-state index in [1.54, 1.807) is 21.1 Å². The van der Waals surface area contributed by atoms with Crippen LogP contribution in [0.15, 0.2) is 0 Å². The lowest BCUT2D eigenvalue weighted by Crippen LogP contribution is -2.56. The normalized spacial score (nSPS) is 16.3. The molecule has 2 unspecified atom stereocenters. The molecule has 6 heteroatoms. The average molecular weight is 303 g/mol. The van der Waals surface area contributed by atoms with Gasteiger partial charge >= 0.3 is 0 Å². The summed E-state index contributed by atoms with van der Waals surface area (Å²) in [6.45, 7) is 2.00. The third kappa shape index (κ3) is 8.80. The number of rotatable bonds is 11. The van der Waals surface area contributed by atoms with Gasteiger partial charge < -0.3 is 24.6 Å². The third-order valence-electron chi connectivity index (χ3n) is 3.25. The summed E-state index contributed by atoms with van der Waals surface area (Å²) in [6.07, 6.45) is 1.44. The van der Waals surface area contributed by atoms with E-state index in [-0.39, 0.29) is 17.4 Å². The van der Waals surface area contributed by atoms with Crippen molar-refractivity contribution in [3.63, 3.8) is 0 Å². The van der Waals surface area contributed by atoms with Crippen molar-refractivity contribution in [3.05, 3.63) is 0 Å². The highest BCUT2D eigenvalue weighted by Crippen LogP contribution is 2.19. The predicted molar refractivity (Wildman–Crippen MR) is 77.2 cm³/mol. The zero-order chi connectivity index (χ0) is 16.7. The Hall–Kier alpha value is -0.980. The van der Waals surface area contributed by atoms with E-state index >= 15 is 0 Å². The first-order valence-electron chi connectivity index (χ1n) is 7.44. The second kappa shape index (κ2) is 8.46. The summed E-state index contributed by atoms with van der Waals surface area (Å²) in [6, 6.07) is 0. The van der Waals surface area contributed by atoms with Crippen LogP contribution in [0.5, 0.6) is 0 Å². The fraction of sp³-hybridized carbons (Fsp3) is 0.867. The van der Waals surface area contributed by atoms with Crippen molar-refractivity contribution >= 4 is 11.8 Å². The number of carbonyl (C=O) groups is 2. The van der Waals surface area contributed by atoms with Gasteiger partial charge in [0.2, 0.25) is 0 Å². The number of ketones is 1. The van der Waals surface area contributed by atoms with Crippen LogP contribution >= 0.6 is 0 Å². The molecule has 0 saturated carbocycles. The Morgan fingerprint density at radius 2 is 1.81 bits per heavy atom. The molecule has 0 spiro atoms. The average Bonchev–Trinajstić information content (AvgIpc) is 2.25. The summed E-state index contributed by atoms with van der Waals surface area (Å²) >= 11 is 0. The molecule has 0 radical (unpaired) electrons. The molecule has 0 fully saturated rings. The summed E-state index contributed by atoms with van der Waals surface area (Å²) < 4.78 is 0.238. The second-order valence-corrected chi connectivity index (χ2v) is 6.81. The van der Waals surface area contributed by atoms with Gasteiger partial charge in [0.15, 0.2) is 11.4 Å². The number of carboxylic acids is 1. The Balaban J connectivity index is 4.75. The lowest BCUT2D eigenvalue weighted by molar-refractivity contribution is -0.875. The molecular weight excluding hydrogens is 274 g/mol. The highest BCUT2D eigenvalue weighted by atomic mass is 16.4. The SMILES string of the molecule is CCCCCC(O)CC(=O)C(O)(CC(=O)[O-])C[N+](C)(C)C. The topological polar surface area (TPSA) is 97.7 Å². The van der Waals surface area contributed by atoms with Crippen molar-refractivity contribution in [1.82, 2.24) is 0 Å². The Morgan fingerprint density at radius 3 is 2.24 bits per heavy atom. The van der Waals surface area contributed by atoms with Gasteiger partial charge in [0.05, 0.1) is 27.2 Å². The minimum Gasteiger partial charge on any atom is -0.550 e. The summed E-state index contributed by atoms with van der Waals surface area (Å²) in [4.78, 5) is 23.0. The Bertz CT molecular complexity index is 350. The maximum atomic E-state index is 12.2. The lowest BCUT2D eigenvalue weighted by atomic mass is 9.88. The number of aliphatic carboxylic acids is 1. The largest absolute Gasteiger partial charge is 0.550 e. The molecule has 6 nitrogen and oxygen atoms in total. The zero-order valence-electron chi connectivity index (χ0n) is 13.6. The molecule has 0 aromatic rings. The molecule has 2 atom stereocenters. The van der Waals surface area contributed by atoms with Crippen LogP contribution in [0.3, 0.4) is 0 Å².